The molecule has 3 rings (SSSR count). The molecule has 1 aliphatic rings. The van der Waals surface area contributed by atoms with Gasteiger partial charge in [-0.1, -0.05) is 37.3 Å². The fourth-order valence-corrected chi connectivity index (χ4v) is 3.00. The number of rotatable bonds is 2. The molecule has 0 bridgehead atoms. The number of ether oxygens (including phenoxy) is 1. The van der Waals surface area contributed by atoms with Crippen LogP contribution in [0.15, 0.2) is 48.5 Å². The Morgan fingerprint density at radius 1 is 1.11 bits per heavy atom. The van der Waals surface area contributed by atoms with Crippen molar-refractivity contribution >= 4 is 28.3 Å². The summed E-state index contributed by atoms with van der Waals surface area (Å²) in [6.45, 7) is 2.99. The second-order valence-electron chi connectivity index (χ2n) is 4.93. The first kappa shape index (κ1) is 12.8. The van der Waals surface area contributed by atoms with Gasteiger partial charge in [-0.3, -0.25) is 0 Å². The van der Waals surface area contributed by atoms with Crippen molar-refractivity contribution < 1.29 is 4.74 Å². The molecular weight excluding hydrogens is 349 g/mol. The summed E-state index contributed by atoms with van der Waals surface area (Å²) in [6.07, 6.45) is 0. The van der Waals surface area contributed by atoms with Crippen molar-refractivity contribution in [3.05, 3.63) is 57.7 Å². The molecular formula is C16H16INO. The molecule has 3 heteroatoms. The van der Waals surface area contributed by atoms with Gasteiger partial charge in [-0.05, 0) is 40.8 Å². The molecule has 19 heavy (non-hydrogen) atoms. The van der Waals surface area contributed by atoms with Gasteiger partial charge in [0.25, 0.3) is 0 Å². The summed E-state index contributed by atoms with van der Waals surface area (Å²) in [5.74, 6) is 1.45. The summed E-state index contributed by atoms with van der Waals surface area (Å²) >= 11 is 2.37. The first-order valence-corrected chi connectivity index (χ1v) is 7.56. The third kappa shape index (κ3) is 2.56. The largest absolute Gasteiger partial charge is 0.493 e. The van der Waals surface area contributed by atoms with Gasteiger partial charge in [-0.2, -0.15) is 0 Å². The lowest BCUT2D eigenvalue weighted by Crippen LogP contribution is -2.29. The highest BCUT2D eigenvalue weighted by Gasteiger charge is 2.27. The normalized spacial score (nSPS) is 21.4. The maximum absolute atomic E-state index is 5.79. The molecule has 0 saturated heterocycles. The standard InChI is InChI=1S/C16H16INO/c1-11-10-19-15-9-5-2-6-12(15)16(11)18-14-8-4-3-7-13(14)17/h2-9,11,16,18H,10H2,1H3. The van der Waals surface area contributed by atoms with E-state index < -0.39 is 0 Å². The Bertz CT molecular complexity index is 584. The Hall–Kier alpha value is -1.23. The fourth-order valence-electron chi connectivity index (χ4n) is 2.46. The molecule has 2 nitrogen and oxygen atoms in total. The molecule has 2 aromatic rings. The minimum absolute atomic E-state index is 0.306. The third-order valence-corrected chi connectivity index (χ3v) is 4.45. The van der Waals surface area contributed by atoms with E-state index in [2.05, 4.69) is 71.2 Å². The Balaban J connectivity index is 1.94. The number of fused-ring (bicyclic) bond motifs is 1. The number of hydrogen-bond acceptors (Lipinski definition) is 2. The van der Waals surface area contributed by atoms with Crippen LogP contribution in [0.25, 0.3) is 0 Å². The van der Waals surface area contributed by atoms with Crippen LogP contribution in [0.4, 0.5) is 5.69 Å². The second-order valence-corrected chi connectivity index (χ2v) is 6.09. The molecule has 2 aromatic carbocycles. The Labute approximate surface area is 127 Å². The van der Waals surface area contributed by atoms with Crippen LogP contribution in [-0.4, -0.2) is 6.61 Å². The van der Waals surface area contributed by atoms with E-state index in [1.165, 1.54) is 14.8 Å². The Morgan fingerprint density at radius 2 is 1.84 bits per heavy atom. The highest BCUT2D eigenvalue weighted by molar-refractivity contribution is 14.1. The lowest BCUT2D eigenvalue weighted by molar-refractivity contribution is 0.214. The topological polar surface area (TPSA) is 21.3 Å². The number of halogens is 1. The van der Waals surface area contributed by atoms with Crippen LogP contribution in [-0.2, 0) is 0 Å². The maximum atomic E-state index is 5.79. The van der Waals surface area contributed by atoms with E-state index in [4.69, 9.17) is 4.74 Å². The average molecular weight is 365 g/mol. The minimum Gasteiger partial charge on any atom is -0.493 e. The predicted molar refractivity (Wildman–Crippen MR) is 86.6 cm³/mol. The monoisotopic (exact) mass is 365 g/mol. The van der Waals surface area contributed by atoms with Gasteiger partial charge >= 0.3 is 0 Å². The van der Waals surface area contributed by atoms with Gasteiger partial charge in [-0.25, -0.2) is 0 Å². The quantitative estimate of drug-likeness (QED) is 0.793. The third-order valence-electron chi connectivity index (χ3n) is 3.51. The van der Waals surface area contributed by atoms with Crippen molar-refractivity contribution in [1.29, 1.82) is 0 Å². The first-order chi connectivity index (χ1) is 9.25. The van der Waals surface area contributed by atoms with E-state index in [-0.39, 0.29) is 0 Å². The Morgan fingerprint density at radius 3 is 2.68 bits per heavy atom. The molecule has 0 aliphatic carbocycles. The van der Waals surface area contributed by atoms with E-state index >= 15 is 0 Å². The van der Waals surface area contributed by atoms with Gasteiger partial charge in [0.05, 0.1) is 12.6 Å². The zero-order chi connectivity index (χ0) is 13.2. The molecule has 0 fully saturated rings. The fraction of sp³-hybridized carbons (Fsp3) is 0.250. The summed E-state index contributed by atoms with van der Waals surface area (Å²) in [7, 11) is 0. The van der Waals surface area contributed by atoms with E-state index in [1.807, 2.05) is 12.1 Å². The maximum Gasteiger partial charge on any atom is 0.124 e. The highest BCUT2D eigenvalue weighted by atomic mass is 127. The minimum atomic E-state index is 0.306. The molecule has 0 amide bonds. The van der Waals surface area contributed by atoms with Crippen LogP contribution in [0, 0.1) is 9.49 Å². The second kappa shape index (κ2) is 5.41. The van der Waals surface area contributed by atoms with Crippen molar-refractivity contribution in [3.63, 3.8) is 0 Å². The molecule has 0 aromatic heterocycles. The van der Waals surface area contributed by atoms with Gasteiger partial charge in [0.1, 0.15) is 5.75 Å². The van der Waals surface area contributed by atoms with Crippen LogP contribution in [0.1, 0.15) is 18.5 Å². The van der Waals surface area contributed by atoms with Crippen LogP contribution < -0.4 is 10.1 Å². The average Bonchev–Trinajstić information content (AvgIpc) is 2.44. The molecule has 1 aliphatic heterocycles. The smallest absolute Gasteiger partial charge is 0.124 e. The number of anilines is 1. The number of nitrogens with one attached hydrogen (secondary N) is 1. The van der Waals surface area contributed by atoms with Crippen LogP contribution in [0.3, 0.4) is 0 Å². The molecule has 0 radical (unpaired) electrons. The molecule has 98 valence electrons. The van der Waals surface area contributed by atoms with Crippen molar-refractivity contribution in [2.24, 2.45) is 5.92 Å². The molecule has 1 N–H and O–H groups in total. The summed E-state index contributed by atoms with van der Waals surface area (Å²) in [4.78, 5) is 0. The highest BCUT2D eigenvalue weighted by Crippen LogP contribution is 2.37. The predicted octanol–water partition coefficient (Wildman–Crippen LogP) is 4.47. The zero-order valence-electron chi connectivity index (χ0n) is 10.8. The molecule has 1 heterocycles. The van der Waals surface area contributed by atoms with Crippen LogP contribution in [0.5, 0.6) is 5.75 Å². The number of para-hydroxylation sites is 2. The molecule has 2 unspecified atom stereocenters. The summed E-state index contributed by atoms with van der Waals surface area (Å²) < 4.78 is 7.04. The van der Waals surface area contributed by atoms with Crippen LogP contribution in [0.2, 0.25) is 0 Å². The van der Waals surface area contributed by atoms with E-state index in [0.717, 1.165) is 12.4 Å². The molecule has 0 saturated carbocycles. The summed E-state index contributed by atoms with van der Waals surface area (Å²) in [5, 5.41) is 3.67. The van der Waals surface area contributed by atoms with Gasteiger partial charge in [0, 0.05) is 20.7 Å². The van der Waals surface area contributed by atoms with Gasteiger partial charge in [0.15, 0.2) is 0 Å². The van der Waals surface area contributed by atoms with E-state index in [1.54, 1.807) is 0 Å². The SMILES string of the molecule is CC1COc2ccccc2C1Nc1ccccc1I. The van der Waals surface area contributed by atoms with Crippen molar-refractivity contribution in [2.45, 2.75) is 13.0 Å². The zero-order valence-corrected chi connectivity index (χ0v) is 12.9. The molecule has 0 spiro atoms. The van der Waals surface area contributed by atoms with E-state index in [9.17, 15) is 0 Å². The van der Waals surface area contributed by atoms with Crippen molar-refractivity contribution in [3.8, 4) is 5.75 Å². The first-order valence-electron chi connectivity index (χ1n) is 6.48. The number of benzene rings is 2. The lowest BCUT2D eigenvalue weighted by Gasteiger charge is -2.33. The lowest BCUT2D eigenvalue weighted by atomic mass is 9.92. The van der Waals surface area contributed by atoms with Crippen molar-refractivity contribution in [1.82, 2.24) is 0 Å². The van der Waals surface area contributed by atoms with Gasteiger partial charge in [-0.15, -0.1) is 0 Å². The van der Waals surface area contributed by atoms with E-state index in [0.29, 0.717) is 12.0 Å². The van der Waals surface area contributed by atoms with Crippen LogP contribution >= 0.6 is 22.6 Å². The van der Waals surface area contributed by atoms with Gasteiger partial charge in [0.2, 0.25) is 0 Å². The van der Waals surface area contributed by atoms with Crippen molar-refractivity contribution in [2.75, 3.05) is 11.9 Å². The number of hydrogen-bond donors (Lipinski definition) is 1. The molecule has 2 atom stereocenters. The van der Waals surface area contributed by atoms with Gasteiger partial charge < -0.3 is 10.1 Å². The summed E-state index contributed by atoms with van der Waals surface area (Å²) in [6, 6.07) is 17.0. The summed E-state index contributed by atoms with van der Waals surface area (Å²) in [5.41, 5.74) is 2.44. The Kier molecular flexibility index (Phi) is 3.64.